The van der Waals surface area contributed by atoms with Crippen LogP contribution in [0, 0.1) is 15.9 Å². The lowest BCUT2D eigenvalue weighted by atomic mass is 10.1. The minimum atomic E-state index is -5.18. The number of benzene rings is 1. The van der Waals surface area contributed by atoms with Gasteiger partial charge in [-0.05, 0) is 6.07 Å². The minimum Gasteiger partial charge on any atom is -0.466 e. The van der Waals surface area contributed by atoms with Gasteiger partial charge >= 0.3 is 18.1 Å². The quantitative estimate of drug-likeness (QED) is 0.323. The van der Waals surface area contributed by atoms with Crippen LogP contribution in [0.4, 0.5) is 28.9 Å². The number of nitro groups is 1. The van der Waals surface area contributed by atoms with E-state index in [1.807, 2.05) is 0 Å². The molecule has 9 nitrogen and oxygen atoms in total. The molecule has 0 atom stereocenters. The van der Waals surface area contributed by atoms with E-state index in [1.165, 1.54) is 0 Å². The molecule has 1 aliphatic rings. The van der Waals surface area contributed by atoms with Crippen molar-refractivity contribution in [3.63, 3.8) is 0 Å². The summed E-state index contributed by atoms with van der Waals surface area (Å²) in [6, 6.07) is 0.222. The first kappa shape index (κ1) is 21.1. The molecule has 0 N–H and O–H groups in total. The molecular formula is C15H12F4N2O7. The normalized spacial score (nSPS) is 14.7. The highest BCUT2D eigenvalue weighted by Gasteiger charge is 2.40. The van der Waals surface area contributed by atoms with Crippen LogP contribution in [0.3, 0.4) is 0 Å². The van der Waals surface area contributed by atoms with E-state index >= 15 is 0 Å². The van der Waals surface area contributed by atoms with Crippen LogP contribution in [0.1, 0.15) is 5.56 Å². The van der Waals surface area contributed by atoms with Crippen molar-refractivity contribution in [1.29, 1.82) is 0 Å². The van der Waals surface area contributed by atoms with Crippen molar-refractivity contribution in [2.75, 3.05) is 32.5 Å². The number of carbonyl (C=O) groups excluding carboxylic acids is 2. The van der Waals surface area contributed by atoms with Crippen LogP contribution in [0.2, 0.25) is 0 Å². The van der Waals surface area contributed by atoms with Crippen molar-refractivity contribution in [3.05, 3.63) is 44.9 Å². The monoisotopic (exact) mass is 408 g/mol. The molecule has 1 aromatic carbocycles. The van der Waals surface area contributed by atoms with Crippen LogP contribution < -0.4 is 4.90 Å². The summed E-state index contributed by atoms with van der Waals surface area (Å²) in [5.74, 6) is -4.13. The molecule has 152 valence electrons. The summed E-state index contributed by atoms with van der Waals surface area (Å²) in [6.07, 6.45) is -5.18. The highest BCUT2D eigenvalue weighted by molar-refractivity contribution is 6.03. The van der Waals surface area contributed by atoms with Crippen LogP contribution in [0.5, 0.6) is 0 Å². The molecule has 0 amide bonds. The summed E-state index contributed by atoms with van der Waals surface area (Å²) in [6.45, 7) is -1.11. The Labute approximate surface area is 154 Å². The number of carbonyl (C=O) groups is 2. The Morgan fingerprint density at radius 3 is 2.32 bits per heavy atom. The third kappa shape index (κ3) is 3.88. The third-order valence-electron chi connectivity index (χ3n) is 3.69. The maximum atomic E-state index is 13.8. The molecule has 0 aliphatic carbocycles. The van der Waals surface area contributed by atoms with Gasteiger partial charge in [0.25, 0.3) is 5.69 Å². The summed E-state index contributed by atoms with van der Waals surface area (Å²) >= 11 is 0. The number of hydrogen-bond acceptors (Lipinski definition) is 8. The van der Waals surface area contributed by atoms with Crippen molar-refractivity contribution in [3.8, 4) is 0 Å². The first-order chi connectivity index (χ1) is 13.0. The molecule has 0 spiro atoms. The maximum Gasteiger partial charge on any atom is 0.419 e. The molecule has 0 saturated heterocycles. The molecule has 0 radical (unpaired) electrons. The Balaban J connectivity index is 2.81. The largest absolute Gasteiger partial charge is 0.466 e. The van der Waals surface area contributed by atoms with Gasteiger partial charge in [-0.2, -0.15) is 13.2 Å². The second-order valence-electron chi connectivity index (χ2n) is 5.29. The summed E-state index contributed by atoms with van der Waals surface area (Å²) in [4.78, 5) is 34.8. The number of alkyl halides is 3. The average Bonchev–Trinajstić information content (AvgIpc) is 2.64. The molecule has 28 heavy (non-hydrogen) atoms. The Morgan fingerprint density at radius 2 is 1.82 bits per heavy atom. The number of halogens is 4. The summed E-state index contributed by atoms with van der Waals surface area (Å²) < 4.78 is 67.1. The van der Waals surface area contributed by atoms with E-state index in [1.54, 1.807) is 0 Å². The SMILES string of the molecule is COC(=O)C1=C(C(=O)OC)N(c2cc(C(F)(F)F)c(F)cc2[N+](=O)[O-])COC1. The van der Waals surface area contributed by atoms with Crippen molar-refractivity contribution in [2.45, 2.75) is 6.18 Å². The Kier molecular flexibility index (Phi) is 5.87. The predicted molar refractivity (Wildman–Crippen MR) is 82.4 cm³/mol. The Morgan fingerprint density at radius 1 is 1.21 bits per heavy atom. The summed E-state index contributed by atoms with van der Waals surface area (Å²) in [7, 11) is 1.91. The second-order valence-corrected chi connectivity index (χ2v) is 5.29. The molecule has 0 unspecified atom stereocenters. The fourth-order valence-electron chi connectivity index (χ4n) is 2.46. The number of rotatable bonds is 4. The van der Waals surface area contributed by atoms with Gasteiger partial charge in [-0.1, -0.05) is 0 Å². The van der Waals surface area contributed by atoms with Crippen molar-refractivity contribution < 1.29 is 46.3 Å². The lowest BCUT2D eigenvalue weighted by Crippen LogP contribution is -2.39. The lowest BCUT2D eigenvalue weighted by Gasteiger charge is -2.31. The van der Waals surface area contributed by atoms with Gasteiger partial charge in [0.15, 0.2) is 0 Å². The predicted octanol–water partition coefficient (Wildman–Crippen LogP) is 2.15. The van der Waals surface area contributed by atoms with Gasteiger partial charge in [0.2, 0.25) is 0 Å². The summed E-state index contributed by atoms with van der Waals surface area (Å²) in [5.41, 5.74) is -4.76. The highest BCUT2D eigenvalue weighted by Crippen LogP contribution is 2.40. The van der Waals surface area contributed by atoms with Gasteiger partial charge in [0.1, 0.15) is 23.9 Å². The van der Waals surface area contributed by atoms with Crippen molar-refractivity contribution in [1.82, 2.24) is 0 Å². The van der Waals surface area contributed by atoms with Crippen LogP contribution >= 0.6 is 0 Å². The lowest BCUT2D eigenvalue weighted by molar-refractivity contribution is -0.384. The van der Waals surface area contributed by atoms with E-state index in [2.05, 4.69) is 9.47 Å². The number of nitro benzene ring substituents is 1. The molecule has 13 heteroatoms. The number of hydrogen-bond donors (Lipinski definition) is 0. The minimum absolute atomic E-state index is 0.0689. The zero-order valence-corrected chi connectivity index (χ0v) is 14.3. The first-order valence-corrected chi connectivity index (χ1v) is 7.33. The number of nitrogens with zero attached hydrogens (tertiary/aromatic N) is 2. The molecule has 0 fully saturated rings. The van der Waals surface area contributed by atoms with Crippen molar-refractivity contribution >= 4 is 23.3 Å². The van der Waals surface area contributed by atoms with Gasteiger partial charge in [-0.3, -0.25) is 10.1 Å². The molecule has 0 aromatic heterocycles. The van der Waals surface area contributed by atoms with Crippen LogP contribution in [-0.4, -0.2) is 44.4 Å². The van der Waals surface area contributed by atoms with E-state index < -0.39 is 70.4 Å². The molecule has 0 bridgehead atoms. The average molecular weight is 408 g/mol. The number of methoxy groups -OCH3 is 2. The molecule has 1 aromatic rings. The van der Waals surface area contributed by atoms with E-state index in [4.69, 9.17) is 4.74 Å². The van der Waals surface area contributed by atoms with Gasteiger partial charge in [-0.25, -0.2) is 14.0 Å². The zero-order chi connectivity index (χ0) is 21.2. The smallest absolute Gasteiger partial charge is 0.419 e. The fraction of sp³-hybridized carbons (Fsp3) is 0.333. The fourth-order valence-corrected chi connectivity index (χ4v) is 2.46. The van der Waals surface area contributed by atoms with E-state index in [9.17, 15) is 37.3 Å². The Bertz CT molecular complexity index is 867. The number of ether oxygens (including phenoxy) is 3. The summed E-state index contributed by atoms with van der Waals surface area (Å²) in [5, 5.41) is 11.3. The zero-order valence-electron chi connectivity index (χ0n) is 14.3. The van der Waals surface area contributed by atoms with Crippen LogP contribution in [0.15, 0.2) is 23.4 Å². The molecular weight excluding hydrogens is 396 g/mol. The highest BCUT2D eigenvalue weighted by atomic mass is 19.4. The number of esters is 2. The molecule has 1 heterocycles. The van der Waals surface area contributed by atoms with Gasteiger partial charge in [0.05, 0.1) is 43.0 Å². The first-order valence-electron chi connectivity index (χ1n) is 7.33. The van der Waals surface area contributed by atoms with Gasteiger partial charge in [-0.15, -0.1) is 0 Å². The van der Waals surface area contributed by atoms with E-state index in [0.717, 1.165) is 14.2 Å². The second kappa shape index (κ2) is 7.80. The topological polar surface area (TPSA) is 108 Å². The third-order valence-corrected chi connectivity index (χ3v) is 3.69. The number of anilines is 1. The van der Waals surface area contributed by atoms with E-state index in [0.29, 0.717) is 4.90 Å². The van der Waals surface area contributed by atoms with Crippen LogP contribution in [0.25, 0.3) is 0 Å². The molecule has 2 rings (SSSR count). The molecule has 1 aliphatic heterocycles. The standard InChI is InChI=1S/C15H12F4N2O7/c1-26-13(22)7-5-28-6-20(12(7)14(23)27-2)10-3-8(15(17,18)19)9(16)4-11(10)21(24)25/h3-4H,5-6H2,1-2H3. The van der Waals surface area contributed by atoms with Gasteiger partial charge in [0, 0.05) is 0 Å². The molecule has 0 saturated carbocycles. The van der Waals surface area contributed by atoms with Crippen LogP contribution in [-0.2, 0) is 30.0 Å². The maximum absolute atomic E-state index is 13.8. The van der Waals surface area contributed by atoms with Gasteiger partial charge < -0.3 is 19.1 Å². The van der Waals surface area contributed by atoms with E-state index in [-0.39, 0.29) is 12.1 Å². The van der Waals surface area contributed by atoms with Crippen molar-refractivity contribution in [2.24, 2.45) is 0 Å². The Hall–Kier alpha value is -3.22.